The highest BCUT2D eigenvalue weighted by Gasteiger charge is 2.29. The standard InChI is InChI=1S/C24H27N5O3/c1-14(2)15-8-10-17(11-9-15)32-13-22(30)26-21-12-20(16-6-7-16)28-29(21)24-25-19-5-3-4-18(19)23(31)27-24/h8-12,14,16H,3-7,13H2,1-2H3,(H,26,30)(H,25,27,31). The summed E-state index contributed by atoms with van der Waals surface area (Å²) in [6.45, 7) is 4.13. The Morgan fingerprint density at radius 3 is 2.75 bits per heavy atom. The summed E-state index contributed by atoms with van der Waals surface area (Å²) < 4.78 is 7.18. The van der Waals surface area contributed by atoms with Gasteiger partial charge in [0, 0.05) is 17.5 Å². The largest absolute Gasteiger partial charge is 0.484 e. The van der Waals surface area contributed by atoms with Gasteiger partial charge in [-0.05, 0) is 55.7 Å². The molecule has 166 valence electrons. The molecule has 2 heterocycles. The van der Waals surface area contributed by atoms with Gasteiger partial charge in [0.2, 0.25) is 5.95 Å². The van der Waals surface area contributed by atoms with E-state index in [0.29, 0.717) is 29.4 Å². The van der Waals surface area contributed by atoms with Crippen LogP contribution in [0.5, 0.6) is 5.75 Å². The summed E-state index contributed by atoms with van der Waals surface area (Å²) in [7, 11) is 0. The van der Waals surface area contributed by atoms with Crippen LogP contribution in [0.15, 0.2) is 35.1 Å². The number of carbonyl (C=O) groups excluding carboxylic acids is 1. The van der Waals surface area contributed by atoms with Gasteiger partial charge in [-0.15, -0.1) is 0 Å². The number of ether oxygens (including phenoxy) is 1. The van der Waals surface area contributed by atoms with Gasteiger partial charge in [-0.3, -0.25) is 14.6 Å². The topological polar surface area (TPSA) is 102 Å². The third-order valence-corrected chi connectivity index (χ3v) is 6.04. The lowest BCUT2D eigenvalue weighted by atomic mass is 10.0. The number of carbonyl (C=O) groups is 1. The Morgan fingerprint density at radius 1 is 1.25 bits per heavy atom. The molecule has 1 saturated carbocycles. The summed E-state index contributed by atoms with van der Waals surface area (Å²) in [6, 6.07) is 9.62. The molecule has 0 atom stereocenters. The van der Waals surface area contributed by atoms with Crippen molar-refractivity contribution in [2.75, 3.05) is 11.9 Å². The van der Waals surface area contributed by atoms with Crippen LogP contribution in [0.3, 0.4) is 0 Å². The van der Waals surface area contributed by atoms with Crippen LogP contribution in [-0.4, -0.2) is 32.3 Å². The fourth-order valence-electron chi connectivity index (χ4n) is 4.03. The summed E-state index contributed by atoms with van der Waals surface area (Å²) in [5, 5.41) is 7.51. The fraction of sp³-hybridized carbons (Fsp3) is 0.417. The number of hydrogen-bond donors (Lipinski definition) is 2. The predicted molar refractivity (Wildman–Crippen MR) is 121 cm³/mol. The Morgan fingerprint density at radius 2 is 2.03 bits per heavy atom. The molecule has 0 unspecified atom stereocenters. The van der Waals surface area contributed by atoms with Crippen molar-refractivity contribution >= 4 is 11.7 Å². The minimum Gasteiger partial charge on any atom is -0.484 e. The maximum absolute atomic E-state index is 12.6. The number of fused-ring (bicyclic) bond motifs is 1. The Bertz CT molecular complexity index is 1210. The number of rotatable bonds is 7. The molecule has 2 aliphatic rings. The number of benzene rings is 1. The Balaban J connectivity index is 1.34. The average Bonchev–Trinajstić information content (AvgIpc) is 3.36. The smallest absolute Gasteiger partial charge is 0.263 e. The van der Waals surface area contributed by atoms with Gasteiger partial charge in [0.1, 0.15) is 11.6 Å². The molecule has 0 saturated heterocycles. The lowest BCUT2D eigenvalue weighted by Crippen LogP contribution is -2.24. The monoisotopic (exact) mass is 433 g/mol. The molecule has 0 aliphatic heterocycles. The maximum Gasteiger partial charge on any atom is 0.263 e. The van der Waals surface area contributed by atoms with E-state index in [2.05, 4.69) is 34.2 Å². The Hall–Kier alpha value is -3.42. The van der Waals surface area contributed by atoms with Crippen molar-refractivity contribution in [2.45, 2.75) is 57.8 Å². The van der Waals surface area contributed by atoms with Crippen LogP contribution in [0.4, 0.5) is 5.82 Å². The SMILES string of the molecule is CC(C)c1ccc(OCC(=O)Nc2cc(C3CC3)nn2-c2nc3c(c(=O)[nH]2)CCC3)cc1. The third-order valence-electron chi connectivity index (χ3n) is 6.04. The van der Waals surface area contributed by atoms with E-state index in [9.17, 15) is 9.59 Å². The molecule has 32 heavy (non-hydrogen) atoms. The average molecular weight is 434 g/mol. The lowest BCUT2D eigenvalue weighted by molar-refractivity contribution is -0.118. The van der Waals surface area contributed by atoms with Gasteiger partial charge in [0.05, 0.1) is 11.4 Å². The molecule has 3 aromatic rings. The molecule has 8 nitrogen and oxygen atoms in total. The minimum atomic E-state index is -0.301. The molecule has 8 heteroatoms. The summed E-state index contributed by atoms with van der Waals surface area (Å²) in [5.74, 6) is 1.99. The van der Waals surface area contributed by atoms with Crippen molar-refractivity contribution in [2.24, 2.45) is 0 Å². The summed E-state index contributed by atoms with van der Waals surface area (Å²) in [6.07, 6.45) is 4.63. The molecule has 5 rings (SSSR count). The highest BCUT2D eigenvalue weighted by molar-refractivity contribution is 5.91. The zero-order chi connectivity index (χ0) is 22.2. The van der Waals surface area contributed by atoms with E-state index in [1.54, 1.807) is 0 Å². The molecule has 1 fully saturated rings. The highest BCUT2D eigenvalue weighted by Crippen LogP contribution is 2.40. The van der Waals surface area contributed by atoms with E-state index < -0.39 is 0 Å². The summed E-state index contributed by atoms with van der Waals surface area (Å²) in [4.78, 5) is 32.6. The van der Waals surface area contributed by atoms with Crippen molar-refractivity contribution in [3.05, 3.63) is 63.2 Å². The molecule has 0 spiro atoms. The van der Waals surface area contributed by atoms with E-state index >= 15 is 0 Å². The van der Waals surface area contributed by atoms with Gasteiger partial charge in [0.15, 0.2) is 6.61 Å². The van der Waals surface area contributed by atoms with Gasteiger partial charge >= 0.3 is 0 Å². The molecule has 2 N–H and O–H groups in total. The number of hydrogen-bond acceptors (Lipinski definition) is 5. The van der Waals surface area contributed by atoms with Crippen molar-refractivity contribution in [1.29, 1.82) is 0 Å². The van der Waals surface area contributed by atoms with Crippen LogP contribution in [0.25, 0.3) is 5.95 Å². The molecule has 2 aromatic heterocycles. The number of aromatic nitrogens is 4. The predicted octanol–water partition coefficient (Wildman–Crippen LogP) is 3.46. The van der Waals surface area contributed by atoms with Gasteiger partial charge in [-0.2, -0.15) is 9.78 Å². The van der Waals surface area contributed by atoms with Gasteiger partial charge in [-0.1, -0.05) is 26.0 Å². The third kappa shape index (κ3) is 4.17. The van der Waals surface area contributed by atoms with Crippen LogP contribution in [0, 0.1) is 0 Å². The molecular weight excluding hydrogens is 406 g/mol. The van der Waals surface area contributed by atoms with E-state index in [4.69, 9.17) is 4.74 Å². The maximum atomic E-state index is 12.6. The first-order chi connectivity index (χ1) is 15.5. The zero-order valence-corrected chi connectivity index (χ0v) is 18.4. The minimum absolute atomic E-state index is 0.126. The van der Waals surface area contributed by atoms with E-state index in [0.717, 1.165) is 49.1 Å². The van der Waals surface area contributed by atoms with E-state index in [1.165, 1.54) is 10.2 Å². The molecule has 1 amide bonds. The lowest BCUT2D eigenvalue weighted by Gasteiger charge is -2.11. The molecular formula is C24H27N5O3. The summed E-state index contributed by atoms with van der Waals surface area (Å²) >= 11 is 0. The molecule has 0 bridgehead atoms. The summed E-state index contributed by atoms with van der Waals surface area (Å²) in [5.41, 5.74) is 3.56. The van der Waals surface area contributed by atoms with Crippen LogP contribution in [0.1, 0.15) is 67.5 Å². The number of anilines is 1. The van der Waals surface area contributed by atoms with Crippen LogP contribution >= 0.6 is 0 Å². The van der Waals surface area contributed by atoms with Gasteiger partial charge < -0.3 is 10.1 Å². The first-order valence-electron chi connectivity index (χ1n) is 11.2. The molecule has 2 aliphatic carbocycles. The van der Waals surface area contributed by atoms with Crippen molar-refractivity contribution in [3.8, 4) is 11.7 Å². The number of nitrogens with one attached hydrogen (secondary N) is 2. The van der Waals surface area contributed by atoms with Gasteiger partial charge in [0.25, 0.3) is 11.5 Å². The Labute approximate surface area is 186 Å². The first-order valence-corrected chi connectivity index (χ1v) is 11.2. The van der Waals surface area contributed by atoms with Crippen molar-refractivity contribution in [3.63, 3.8) is 0 Å². The Kier molecular flexibility index (Phi) is 5.28. The van der Waals surface area contributed by atoms with Crippen molar-refractivity contribution in [1.82, 2.24) is 19.7 Å². The van der Waals surface area contributed by atoms with E-state index in [-0.39, 0.29) is 18.1 Å². The zero-order valence-electron chi connectivity index (χ0n) is 18.4. The fourth-order valence-corrected chi connectivity index (χ4v) is 4.03. The highest BCUT2D eigenvalue weighted by atomic mass is 16.5. The molecule has 0 radical (unpaired) electrons. The second-order valence-corrected chi connectivity index (χ2v) is 8.87. The number of H-pyrrole nitrogens is 1. The number of aryl methyl sites for hydroxylation is 1. The van der Waals surface area contributed by atoms with E-state index in [1.807, 2.05) is 30.3 Å². The number of aromatic amines is 1. The van der Waals surface area contributed by atoms with Gasteiger partial charge in [-0.25, -0.2) is 4.98 Å². The quantitative estimate of drug-likeness (QED) is 0.594. The second kappa shape index (κ2) is 8.26. The second-order valence-electron chi connectivity index (χ2n) is 8.87. The van der Waals surface area contributed by atoms with Crippen LogP contribution in [0.2, 0.25) is 0 Å². The first kappa shape index (κ1) is 20.5. The van der Waals surface area contributed by atoms with Crippen LogP contribution < -0.4 is 15.6 Å². The molecule has 1 aromatic carbocycles. The van der Waals surface area contributed by atoms with Crippen LogP contribution in [-0.2, 0) is 17.6 Å². The number of amides is 1. The van der Waals surface area contributed by atoms with Crippen molar-refractivity contribution < 1.29 is 9.53 Å². The normalized spacial score (nSPS) is 15.1. The number of nitrogens with zero attached hydrogens (tertiary/aromatic N) is 3.